The molecule has 2 amide bonds. The Kier molecular flexibility index (Phi) is 3.67. The number of carbonyl (C=O) groups excluding carboxylic acids is 1. The van der Waals surface area contributed by atoms with E-state index in [1.165, 1.54) is 6.07 Å². The van der Waals surface area contributed by atoms with Crippen LogP contribution in [0.2, 0.25) is 5.02 Å². The summed E-state index contributed by atoms with van der Waals surface area (Å²) in [5.74, 6) is -0.366. The Morgan fingerprint density at radius 1 is 1.24 bits per heavy atom. The second-order valence-corrected chi connectivity index (χ2v) is 6.01. The fourth-order valence-corrected chi connectivity index (χ4v) is 3.03. The zero-order valence-corrected chi connectivity index (χ0v) is 13.7. The Morgan fingerprint density at radius 2 is 2.04 bits per heavy atom. The van der Waals surface area contributed by atoms with Gasteiger partial charge in [-0.3, -0.25) is 10.0 Å². The van der Waals surface area contributed by atoms with Crippen LogP contribution in [0.25, 0.3) is 0 Å². The van der Waals surface area contributed by atoms with Crippen LogP contribution in [0.4, 0.5) is 14.9 Å². The number of hydrogen-bond acceptors (Lipinski definition) is 4. The maximum Gasteiger partial charge on any atom is 0.334 e. The topological polar surface area (TPSA) is 74.0 Å². The molecule has 0 aliphatic carbocycles. The fourth-order valence-electron chi connectivity index (χ4n) is 2.86. The zero-order valence-electron chi connectivity index (χ0n) is 12.9. The van der Waals surface area contributed by atoms with E-state index in [1.807, 2.05) is 0 Å². The van der Waals surface area contributed by atoms with E-state index < -0.39 is 6.03 Å². The standard InChI is InChI=1S/C17H13ClFN5O/c18-10-5-6-15-13(7-10)16(12-3-1-2-4-14(12)19)21-8-11-9-23(17(20)25)22-24(11)15/h1-7,9,22H,8H2,(H2,20,25). The van der Waals surface area contributed by atoms with Crippen LogP contribution in [0, 0.1) is 5.82 Å². The molecule has 126 valence electrons. The van der Waals surface area contributed by atoms with Crippen molar-refractivity contribution >= 4 is 29.0 Å². The van der Waals surface area contributed by atoms with Gasteiger partial charge in [0.25, 0.3) is 0 Å². The number of halogens is 2. The molecule has 0 spiro atoms. The van der Waals surface area contributed by atoms with Gasteiger partial charge < -0.3 is 5.73 Å². The first-order chi connectivity index (χ1) is 12.0. The van der Waals surface area contributed by atoms with Gasteiger partial charge in [-0.25, -0.2) is 14.2 Å². The van der Waals surface area contributed by atoms with Gasteiger partial charge in [0.05, 0.1) is 29.8 Å². The highest BCUT2D eigenvalue weighted by Crippen LogP contribution is 2.33. The van der Waals surface area contributed by atoms with Crippen molar-refractivity contribution < 1.29 is 9.18 Å². The fraction of sp³-hybridized carbons (Fsp3) is 0.0588. The smallest absolute Gasteiger partial charge is 0.334 e. The number of nitrogens with two attached hydrogens (primary N) is 1. The van der Waals surface area contributed by atoms with Gasteiger partial charge in [-0.1, -0.05) is 23.7 Å². The van der Waals surface area contributed by atoms with Gasteiger partial charge in [0.1, 0.15) is 5.82 Å². The van der Waals surface area contributed by atoms with Crippen LogP contribution >= 0.6 is 11.6 Å². The summed E-state index contributed by atoms with van der Waals surface area (Å²) in [5, 5.41) is 3.35. The molecule has 0 radical (unpaired) electrons. The van der Waals surface area contributed by atoms with E-state index in [1.54, 1.807) is 47.6 Å². The largest absolute Gasteiger partial charge is 0.350 e. The van der Waals surface area contributed by atoms with Gasteiger partial charge >= 0.3 is 6.03 Å². The lowest BCUT2D eigenvalue weighted by atomic mass is 10.00. The summed E-state index contributed by atoms with van der Waals surface area (Å²) in [6, 6.07) is 11.0. The Hall–Kier alpha value is -2.90. The van der Waals surface area contributed by atoms with Gasteiger partial charge in [0, 0.05) is 16.1 Å². The molecule has 6 nitrogen and oxygen atoms in total. The molecule has 0 atom stereocenters. The molecule has 8 heteroatoms. The molecule has 0 aromatic heterocycles. The number of primary amides is 1. The van der Waals surface area contributed by atoms with Gasteiger partial charge in [-0.2, -0.15) is 0 Å². The highest BCUT2D eigenvalue weighted by Gasteiger charge is 2.30. The third kappa shape index (κ3) is 2.63. The predicted molar refractivity (Wildman–Crippen MR) is 93.5 cm³/mol. The van der Waals surface area contributed by atoms with Crippen LogP contribution in [-0.4, -0.2) is 23.3 Å². The molecular formula is C17H13ClFN5O. The van der Waals surface area contributed by atoms with Gasteiger partial charge in [0.2, 0.25) is 0 Å². The minimum atomic E-state index is -0.644. The molecule has 4 rings (SSSR count). The van der Waals surface area contributed by atoms with E-state index in [9.17, 15) is 9.18 Å². The summed E-state index contributed by atoms with van der Waals surface area (Å²) in [6.07, 6.45) is 1.56. The van der Waals surface area contributed by atoms with Crippen molar-refractivity contribution in [3.8, 4) is 0 Å². The number of urea groups is 1. The van der Waals surface area contributed by atoms with Crippen molar-refractivity contribution in [3.63, 3.8) is 0 Å². The first-order valence-electron chi connectivity index (χ1n) is 7.49. The van der Waals surface area contributed by atoms with Crippen molar-refractivity contribution in [3.05, 3.63) is 76.3 Å². The van der Waals surface area contributed by atoms with E-state index in [-0.39, 0.29) is 12.4 Å². The number of benzene rings is 2. The van der Waals surface area contributed by atoms with E-state index >= 15 is 0 Å². The quantitative estimate of drug-likeness (QED) is 0.824. The Bertz CT molecular complexity index is 942. The number of carbonyl (C=O) groups is 1. The van der Waals surface area contributed by atoms with Crippen molar-refractivity contribution in [2.45, 2.75) is 0 Å². The van der Waals surface area contributed by atoms with Gasteiger partial charge in [-0.05, 0) is 30.3 Å². The summed E-state index contributed by atoms with van der Waals surface area (Å²) in [5.41, 5.74) is 11.1. The number of nitrogens with one attached hydrogen (secondary N) is 1. The van der Waals surface area contributed by atoms with E-state index in [0.29, 0.717) is 33.2 Å². The van der Waals surface area contributed by atoms with Crippen LogP contribution in [0.3, 0.4) is 0 Å². The average molecular weight is 358 g/mol. The predicted octanol–water partition coefficient (Wildman–Crippen LogP) is 2.79. The van der Waals surface area contributed by atoms with Crippen molar-refractivity contribution in [2.75, 3.05) is 11.6 Å². The second kappa shape index (κ2) is 5.87. The molecule has 2 aliphatic heterocycles. The lowest BCUT2D eigenvalue weighted by molar-refractivity contribution is 0.212. The number of rotatable bonds is 1. The maximum atomic E-state index is 14.3. The Balaban J connectivity index is 1.90. The lowest BCUT2D eigenvalue weighted by Crippen LogP contribution is -2.46. The first-order valence-corrected chi connectivity index (χ1v) is 7.87. The van der Waals surface area contributed by atoms with Crippen LogP contribution in [-0.2, 0) is 0 Å². The summed E-state index contributed by atoms with van der Waals surface area (Å²) in [4.78, 5) is 16.0. The summed E-state index contributed by atoms with van der Waals surface area (Å²) >= 11 is 6.16. The Labute approximate surface area is 147 Å². The molecular weight excluding hydrogens is 345 g/mol. The van der Waals surface area contributed by atoms with Crippen LogP contribution in [0.15, 0.2) is 59.4 Å². The van der Waals surface area contributed by atoms with Crippen LogP contribution in [0.1, 0.15) is 11.1 Å². The average Bonchev–Trinajstić information content (AvgIpc) is 2.95. The zero-order chi connectivity index (χ0) is 17.6. The lowest BCUT2D eigenvalue weighted by Gasteiger charge is -2.24. The molecule has 2 aromatic rings. The molecule has 0 saturated carbocycles. The summed E-state index contributed by atoms with van der Waals surface area (Å²) in [6.45, 7) is 0.243. The third-order valence-corrected chi connectivity index (χ3v) is 4.23. The minimum absolute atomic E-state index is 0.243. The molecule has 0 saturated heterocycles. The molecule has 2 aromatic carbocycles. The van der Waals surface area contributed by atoms with Crippen LogP contribution < -0.4 is 16.3 Å². The summed E-state index contributed by atoms with van der Waals surface area (Å²) < 4.78 is 14.3. The molecule has 0 fully saturated rings. The molecule has 2 aliphatic rings. The molecule has 2 heterocycles. The van der Waals surface area contributed by atoms with Crippen LogP contribution in [0.5, 0.6) is 0 Å². The van der Waals surface area contributed by atoms with Gasteiger partial charge in [-0.15, -0.1) is 5.53 Å². The van der Waals surface area contributed by atoms with Crippen molar-refractivity contribution in [1.82, 2.24) is 10.5 Å². The SMILES string of the molecule is NC(=O)N1C=C2CN=C(c3ccccc3F)c3cc(Cl)ccc3N2N1. The Morgan fingerprint density at radius 3 is 2.80 bits per heavy atom. The number of aliphatic imine (C=N–C) groups is 1. The number of amides is 2. The third-order valence-electron chi connectivity index (χ3n) is 3.99. The highest BCUT2D eigenvalue weighted by molar-refractivity contribution is 6.31. The molecule has 0 unspecified atom stereocenters. The number of hydrogen-bond donors (Lipinski definition) is 2. The van der Waals surface area contributed by atoms with Gasteiger partial charge in [0.15, 0.2) is 0 Å². The maximum absolute atomic E-state index is 14.3. The molecule has 3 N–H and O–H groups in total. The summed E-state index contributed by atoms with van der Waals surface area (Å²) in [7, 11) is 0. The number of hydrazine groups is 2. The second-order valence-electron chi connectivity index (χ2n) is 5.57. The minimum Gasteiger partial charge on any atom is -0.350 e. The number of nitrogens with zero attached hydrogens (tertiary/aromatic N) is 3. The number of fused-ring (bicyclic) bond motifs is 3. The van der Waals surface area contributed by atoms with Crippen molar-refractivity contribution in [1.29, 1.82) is 0 Å². The van der Waals surface area contributed by atoms with E-state index in [2.05, 4.69) is 10.5 Å². The number of anilines is 1. The first kappa shape index (κ1) is 15.6. The monoisotopic (exact) mass is 357 g/mol. The molecule has 0 bridgehead atoms. The highest BCUT2D eigenvalue weighted by atomic mass is 35.5. The van der Waals surface area contributed by atoms with Crippen molar-refractivity contribution in [2.24, 2.45) is 10.7 Å². The normalized spacial score (nSPS) is 15.9. The van der Waals surface area contributed by atoms with E-state index in [0.717, 1.165) is 5.01 Å². The van der Waals surface area contributed by atoms with E-state index in [4.69, 9.17) is 17.3 Å². The molecule has 25 heavy (non-hydrogen) atoms.